The van der Waals surface area contributed by atoms with E-state index in [1.807, 2.05) is 38.1 Å². The number of anilines is 1. The number of rotatable bonds is 8. The summed E-state index contributed by atoms with van der Waals surface area (Å²) in [6.45, 7) is 9.13. The Morgan fingerprint density at radius 1 is 1.30 bits per heavy atom. The Hall–Kier alpha value is -1.07. The Morgan fingerprint density at radius 3 is 2.55 bits per heavy atom. The van der Waals surface area contributed by atoms with Crippen LogP contribution in [-0.2, 0) is 10.0 Å². The molecule has 0 amide bonds. The topological polar surface area (TPSA) is 49.4 Å². The molecule has 0 aliphatic heterocycles. The first-order valence-corrected chi connectivity index (χ1v) is 8.78. The maximum Gasteiger partial charge on any atom is 0.235 e. The van der Waals surface area contributed by atoms with Crippen LogP contribution in [0.5, 0.6) is 0 Å². The zero-order chi connectivity index (χ0) is 15.2. The molecule has 0 spiro atoms. The van der Waals surface area contributed by atoms with Gasteiger partial charge < -0.3 is 5.32 Å². The zero-order valence-electron chi connectivity index (χ0n) is 12.9. The number of nitrogens with one attached hydrogen (secondary N) is 1. The number of sulfonamides is 1. The molecular formula is C15H26N2O2S. The van der Waals surface area contributed by atoms with Gasteiger partial charge in [-0.15, -0.1) is 0 Å². The van der Waals surface area contributed by atoms with E-state index in [0.29, 0.717) is 19.0 Å². The third-order valence-corrected chi connectivity index (χ3v) is 4.99. The molecule has 0 aromatic heterocycles. The first-order chi connectivity index (χ1) is 9.36. The van der Waals surface area contributed by atoms with Gasteiger partial charge in [0.2, 0.25) is 10.0 Å². The average Bonchev–Trinajstić information content (AvgIpc) is 2.35. The largest absolute Gasteiger partial charge is 0.314 e. The maximum atomic E-state index is 12.4. The number of nitrogens with zero attached hydrogens (tertiary/aromatic N) is 1. The van der Waals surface area contributed by atoms with Gasteiger partial charge in [-0.25, -0.2) is 8.42 Å². The van der Waals surface area contributed by atoms with E-state index in [0.717, 1.165) is 17.8 Å². The summed E-state index contributed by atoms with van der Waals surface area (Å²) in [4.78, 5) is 0. The van der Waals surface area contributed by atoms with E-state index in [2.05, 4.69) is 19.2 Å². The van der Waals surface area contributed by atoms with Gasteiger partial charge in [-0.05, 0) is 44.5 Å². The van der Waals surface area contributed by atoms with Crippen molar-refractivity contribution in [1.82, 2.24) is 5.32 Å². The van der Waals surface area contributed by atoms with E-state index in [-0.39, 0.29) is 5.75 Å². The first-order valence-electron chi connectivity index (χ1n) is 7.17. The van der Waals surface area contributed by atoms with Crippen LogP contribution in [0.4, 0.5) is 5.69 Å². The van der Waals surface area contributed by atoms with Gasteiger partial charge >= 0.3 is 0 Å². The monoisotopic (exact) mass is 298 g/mol. The molecule has 0 heterocycles. The lowest BCUT2D eigenvalue weighted by Crippen LogP contribution is -2.34. The highest BCUT2D eigenvalue weighted by Gasteiger charge is 2.20. The van der Waals surface area contributed by atoms with Crippen LogP contribution in [0.1, 0.15) is 32.8 Å². The van der Waals surface area contributed by atoms with Gasteiger partial charge in [-0.2, -0.15) is 0 Å². The van der Waals surface area contributed by atoms with Crippen LogP contribution < -0.4 is 9.62 Å². The molecule has 4 nitrogen and oxygen atoms in total. The van der Waals surface area contributed by atoms with Crippen LogP contribution >= 0.6 is 0 Å². The van der Waals surface area contributed by atoms with Gasteiger partial charge in [0.1, 0.15) is 0 Å². The quantitative estimate of drug-likeness (QED) is 0.750. The smallest absolute Gasteiger partial charge is 0.235 e. The van der Waals surface area contributed by atoms with Crippen molar-refractivity contribution in [1.29, 1.82) is 0 Å². The van der Waals surface area contributed by atoms with Crippen molar-refractivity contribution < 1.29 is 8.42 Å². The summed E-state index contributed by atoms with van der Waals surface area (Å²) in [6, 6.07) is 8.00. The van der Waals surface area contributed by atoms with Crippen molar-refractivity contribution in [2.45, 2.75) is 40.2 Å². The molecule has 5 heteroatoms. The molecule has 20 heavy (non-hydrogen) atoms. The average molecular weight is 298 g/mol. The summed E-state index contributed by atoms with van der Waals surface area (Å²) in [5.74, 6) is 0.175. The molecule has 0 fully saturated rings. The molecule has 0 radical (unpaired) electrons. The van der Waals surface area contributed by atoms with Gasteiger partial charge in [-0.3, -0.25) is 4.31 Å². The summed E-state index contributed by atoms with van der Waals surface area (Å²) in [7, 11) is -3.25. The summed E-state index contributed by atoms with van der Waals surface area (Å²) in [5, 5.41) is 3.24. The molecule has 0 aliphatic rings. The van der Waals surface area contributed by atoms with Gasteiger partial charge in [0.05, 0.1) is 11.4 Å². The van der Waals surface area contributed by atoms with E-state index in [4.69, 9.17) is 0 Å². The van der Waals surface area contributed by atoms with Crippen LogP contribution in [0.3, 0.4) is 0 Å². The van der Waals surface area contributed by atoms with Gasteiger partial charge in [0, 0.05) is 12.6 Å². The van der Waals surface area contributed by atoms with Crippen molar-refractivity contribution in [2.24, 2.45) is 0 Å². The lowest BCUT2D eigenvalue weighted by atomic mass is 10.2. The van der Waals surface area contributed by atoms with Crippen molar-refractivity contribution in [3.8, 4) is 0 Å². The lowest BCUT2D eigenvalue weighted by molar-refractivity contribution is 0.566. The highest BCUT2D eigenvalue weighted by molar-refractivity contribution is 7.92. The predicted octanol–water partition coefficient (Wildman–Crippen LogP) is 2.54. The highest BCUT2D eigenvalue weighted by Crippen LogP contribution is 2.19. The Morgan fingerprint density at radius 2 is 2.00 bits per heavy atom. The van der Waals surface area contributed by atoms with E-state index in [1.54, 1.807) is 0 Å². The first kappa shape index (κ1) is 17.0. The second kappa shape index (κ2) is 7.64. The van der Waals surface area contributed by atoms with Crippen molar-refractivity contribution in [3.63, 3.8) is 0 Å². The molecule has 0 saturated carbocycles. The zero-order valence-corrected chi connectivity index (χ0v) is 13.7. The Balaban J connectivity index is 2.72. The van der Waals surface area contributed by atoms with Gasteiger partial charge in [-0.1, -0.05) is 26.0 Å². The van der Waals surface area contributed by atoms with E-state index in [9.17, 15) is 8.42 Å². The van der Waals surface area contributed by atoms with Gasteiger partial charge in [0.25, 0.3) is 0 Å². The van der Waals surface area contributed by atoms with Crippen molar-refractivity contribution in [3.05, 3.63) is 29.8 Å². The normalized spacial score (nSPS) is 11.8. The van der Waals surface area contributed by atoms with Crippen LogP contribution in [0.25, 0.3) is 0 Å². The molecular weight excluding hydrogens is 272 g/mol. The fraction of sp³-hybridized carbons (Fsp3) is 0.600. The summed E-state index contributed by atoms with van der Waals surface area (Å²) in [5.41, 5.74) is 1.82. The molecule has 0 unspecified atom stereocenters. The number of aryl methyl sites for hydroxylation is 1. The van der Waals surface area contributed by atoms with E-state index < -0.39 is 10.0 Å². The Bertz CT molecular complexity index is 512. The lowest BCUT2D eigenvalue weighted by Gasteiger charge is -2.23. The number of benzene rings is 1. The maximum absolute atomic E-state index is 12.4. The second-order valence-corrected chi connectivity index (χ2v) is 7.29. The van der Waals surface area contributed by atoms with Crippen molar-refractivity contribution >= 4 is 15.7 Å². The molecule has 1 rings (SSSR count). The molecule has 1 aromatic rings. The van der Waals surface area contributed by atoms with E-state index >= 15 is 0 Å². The third kappa shape index (κ3) is 5.13. The summed E-state index contributed by atoms with van der Waals surface area (Å²) >= 11 is 0. The van der Waals surface area contributed by atoms with Crippen LogP contribution in [0.15, 0.2) is 24.3 Å². The highest BCUT2D eigenvalue weighted by atomic mass is 32.2. The number of hydrogen-bond acceptors (Lipinski definition) is 3. The summed E-state index contributed by atoms with van der Waals surface area (Å²) < 4.78 is 26.3. The SMILES string of the molecule is CCN(c1cccc(C)c1)S(=O)(=O)CCCNC(C)C. The minimum Gasteiger partial charge on any atom is -0.314 e. The molecule has 0 saturated heterocycles. The molecule has 0 aliphatic carbocycles. The van der Waals surface area contributed by atoms with Crippen molar-refractivity contribution in [2.75, 3.05) is 23.1 Å². The molecule has 1 aromatic carbocycles. The third-order valence-electron chi connectivity index (χ3n) is 3.04. The fourth-order valence-electron chi connectivity index (χ4n) is 2.08. The standard InChI is InChI=1S/C15H26N2O2S/c1-5-17(15-9-6-8-14(4)12-15)20(18,19)11-7-10-16-13(2)3/h6,8-9,12-13,16H,5,7,10-11H2,1-4H3. The molecule has 0 bridgehead atoms. The molecule has 114 valence electrons. The predicted molar refractivity (Wildman–Crippen MR) is 85.7 cm³/mol. The Labute approximate surface area is 123 Å². The molecule has 1 N–H and O–H groups in total. The Kier molecular flexibility index (Phi) is 6.49. The fourth-order valence-corrected chi connectivity index (χ4v) is 3.64. The van der Waals surface area contributed by atoms with Crippen LogP contribution in [0.2, 0.25) is 0 Å². The van der Waals surface area contributed by atoms with Crippen LogP contribution in [0, 0.1) is 6.92 Å². The van der Waals surface area contributed by atoms with Gasteiger partial charge in [0.15, 0.2) is 0 Å². The van der Waals surface area contributed by atoms with E-state index in [1.165, 1.54) is 4.31 Å². The minimum absolute atomic E-state index is 0.175. The molecule has 0 atom stereocenters. The minimum atomic E-state index is -3.25. The second-order valence-electron chi connectivity index (χ2n) is 5.28. The van der Waals surface area contributed by atoms with Crippen LogP contribution in [-0.4, -0.2) is 33.3 Å². The summed E-state index contributed by atoms with van der Waals surface area (Å²) in [6.07, 6.45) is 0.628. The number of hydrogen-bond donors (Lipinski definition) is 1.